The molecule has 0 radical (unpaired) electrons. The van der Waals surface area contributed by atoms with E-state index in [1.54, 1.807) is 24.3 Å². The maximum absolute atomic E-state index is 12.7. The highest BCUT2D eigenvalue weighted by Gasteiger charge is 2.19. The summed E-state index contributed by atoms with van der Waals surface area (Å²) in [5, 5.41) is 14.5. The van der Waals surface area contributed by atoms with E-state index < -0.39 is 17.8 Å². The Kier molecular flexibility index (Phi) is 6.12. The number of ether oxygens (including phenoxy) is 1. The van der Waals surface area contributed by atoms with Crippen LogP contribution in [-0.2, 0) is 0 Å². The summed E-state index contributed by atoms with van der Waals surface area (Å²) in [7, 11) is 1.45. The van der Waals surface area contributed by atoms with Gasteiger partial charge < -0.3 is 20.5 Å². The molecule has 0 unspecified atom stereocenters. The fraction of sp³-hybridized carbons (Fsp3) is 0.0870. The number of carbonyl (C=O) groups is 3. The molecule has 0 aliphatic rings. The number of carboxylic acids is 1. The second-order valence-corrected chi connectivity index (χ2v) is 6.54. The zero-order valence-electron chi connectivity index (χ0n) is 16.4. The zero-order valence-corrected chi connectivity index (χ0v) is 16.4. The zero-order chi connectivity index (χ0) is 21.7. The van der Waals surface area contributed by atoms with Crippen molar-refractivity contribution in [1.29, 1.82) is 0 Å². The molecule has 0 spiro atoms. The molecule has 0 aliphatic heterocycles. The molecule has 30 heavy (non-hydrogen) atoms. The quantitative estimate of drug-likeness (QED) is 0.574. The van der Waals surface area contributed by atoms with Crippen molar-refractivity contribution < 1.29 is 24.2 Å². The van der Waals surface area contributed by atoms with Crippen molar-refractivity contribution in [2.75, 3.05) is 12.4 Å². The fourth-order valence-electron chi connectivity index (χ4n) is 2.75. The van der Waals surface area contributed by atoms with E-state index in [0.717, 1.165) is 5.56 Å². The Morgan fingerprint density at radius 1 is 0.800 bits per heavy atom. The van der Waals surface area contributed by atoms with Gasteiger partial charge in [-0.3, -0.25) is 9.59 Å². The van der Waals surface area contributed by atoms with Gasteiger partial charge in [0.15, 0.2) is 0 Å². The average Bonchev–Trinajstić information content (AvgIpc) is 2.75. The van der Waals surface area contributed by atoms with E-state index in [1.165, 1.54) is 25.2 Å². The van der Waals surface area contributed by atoms with Crippen molar-refractivity contribution >= 4 is 23.5 Å². The minimum atomic E-state index is -1.26. The lowest BCUT2D eigenvalue weighted by atomic mass is 10.0. The first-order chi connectivity index (χ1) is 14.4. The normalized spacial score (nSPS) is 10.2. The molecule has 0 aliphatic carbocycles. The van der Waals surface area contributed by atoms with Gasteiger partial charge in [-0.1, -0.05) is 17.7 Å². The summed E-state index contributed by atoms with van der Waals surface area (Å²) in [5.74, 6) is -1.03. The Morgan fingerprint density at radius 2 is 1.40 bits per heavy atom. The van der Waals surface area contributed by atoms with Gasteiger partial charge in [0.1, 0.15) is 11.5 Å². The Balaban J connectivity index is 1.77. The molecular weight excluding hydrogens is 384 g/mol. The number of carbonyl (C=O) groups excluding carboxylic acids is 2. The maximum atomic E-state index is 12.7. The Bertz CT molecular complexity index is 1090. The fourth-order valence-corrected chi connectivity index (χ4v) is 2.75. The molecule has 0 aromatic heterocycles. The van der Waals surface area contributed by atoms with Crippen LogP contribution in [0.1, 0.15) is 36.6 Å². The molecule has 3 N–H and O–H groups in total. The molecule has 7 nitrogen and oxygen atoms in total. The van der Waals surface area contributed by atoms with E-state index in [4.69, 9.17) is 4.74 Å². The number of rotatable bonds is 6. The van der Waals surface area contributed by atoms with Gasteiger partial charge in [-0.05, 0) is 61.5 Å². The topological polar surface area (TPSA) is 105 Å². The van der Waals surface area contributed by atoms with Crippen LogP contribution in [0.5, 0.6) is 11.5 Å². The third-order valence-electron chi connectivity index (χ3n) is 4.35. The summed E-state index contributed by atoms with van der Waals surface area (Å²) >= 11 is 0. The maximum Gasteiger partial charge on any atom is 0.336 e. The highest BCUT2D eigenvalue weighted by atomic mass is 16.5. The lowest BCUT2D eigenvalue weighted by Crippen LogP contribution is -2.21. The molecule has 0 fully saturated rings. The van der Waals surface area contributed by atoms with Crippen LogP contribution in [0.4, 0.5) is 5.69 Å². The van der Waals surface area contributed by atoms with Crippen molar-refractivity contribution in [1.82, 2.24) is 5.32 Å². The molecule has 0 saturated heterocycles. The van der Waals surface area contributed by atoms with Gasteiger partial charge in [-0.15, -0.1) is 0 Å². The van der Waals surface area contributed by atoms with Crippen LogP contribution in [0.25, 0.3) is 0 Å². The van der Waals surface area contributed by atoms with Crippen LogP contribution in [0, 0.1) is 6.92 Å². The lowest BCUT2D eigenvalue weighted by Gasteiger charge is -2.11. The second kappa shape index (κ2) is 8.91. The van der Waals surface area contributed by atoms with E-state index >= 15 is 0 Å². The summed E-state index contributed by atoms with van der Waals surface area (Å²) in [6.07, 6.45) is 0. The van der Waals surface area contributed by atoms with Gasteiger partial charge in [0, 0.05) is 18.3 Å². The van der Waals surface area contributed by atoms with Gasteiger partial charge in [0.2, 0.25) is 0 Å². The predicted octanol–water partition coefficient (Wildman–Crippen LogP) is 4.10. The van der Waals surface area contributed by atoms with Crippen LogP contribution in [-0.4, -0.2) is 29.9 Å². The van der Waals surface area contributed by atoms with Crippen LogP contribution in [0.3, 0.4) is 0 Å². The molecule has 0 saturated carbocycles. The van der Waals surface area contributed by atoms with E-state index in [9.17, 15) is 19.5 Å². The predicted molar refractivity (Wildman–Crippen MR) is 112 cm³/mol. The number of nitrogens with one attached hydrogen (secondary N) is 2. The smallest absolute Gasteiger partial charge is 0.336 e. The minimum Gasteiger partial charge on any atom is -0.478 e. The lowest BCUT2D eigenvalue weighted by molar-refractivity contribution is 0.0692. The molecule has 152 valence electrons. The molecular formula is C23H20N2O5. The molecule has 3 rings (SSSR count). The average molecular weight is 404 g/mol. The Labute approximate surface area is 173 Å². The summed E-state index contributed by atoms with van der Waals surface area (Å²) in [6.45, 7) is 1.99. The van der Waals surface area contributed by atoms with Crippen molar-refractivity contribution in [3.05, 3.63) is 89.0 Å². The van der Waals surface area contributed by atoms with Gasteiger partial charge in [0.25, 0.3) is 11.8 Å². The number of hydrogen-bond acceptors (Lipinski definition) is 4. The van der Waals surface area contributed by atoms with Crippen molar-refractivity contribution in [3.63, 3.8) is 0 Å². The summed E-state index contributed by atoms with van der Waals surface area (Å²) < 4.78 is 5.75. The van der Waals surface area contributed by atoms with Crippen LogP contribution < -0.4 is 15.4 Å². The minimum absolute atomic E-state index is 0.108. The summed E-state index contributed by atoms with van der Waals surface area (Å²) in [6, 6.07) is 18.1. The third kappa shape index (κ3) is 4.82. The first-order valence-electron chi connectivity index (χ1n) is 9.12. The number of carboxylic acid groups (broad SMARTS) is 1. The Morgan fingerprint density at radius 3 is 1.97 bits per heavy atom. The molecule has 0 atom stereocenters. The number of anilines is 1. The standard InChI is InChI=1S/C23H20N2O5/c1-14-3-8-17(9-4-14)30-18-10-6-16(7-11-18)25-22(27)20-13-15(21(26)24-2)5-12-19(20)23(28)29/h3-13H,1-2H3,(H,24,26)(H,25,27)(H,28,29). The van der Waals surface area contributed by atoms with Gasteiger partial charge in [-0.25, -0.2) is 4.79 Å². The molecule has 3 aromatic carbocycles. The summed E-state index contributed by atoms with van der Waals surface area (Å²) in [5.41, 5.74) is 1.47. The van der Waals surface area contributed by atoms with Crippen molar-refractivity contribution in [2.45, 2.75) is 6.92 Å². The van der Waals surface area contributed by atoms with E-state index in [-0.39, 0.29) is 16.7 Å². The molecule has 3 aromatic rings. The number of aryl methyl sites for hydroxylation is 1. The van der Waals surface area contributed by atoms with Crippen LogP contribution in [0.2, 0.25) is 0 Å². The second-order valence-electron chi connectivity index (χ2n) is 6.54. The van der Waals surface area contributed by atoms with Gasteiger partial charge in [0.05, 0.1) is 11.1 Å². The monoisotopic (exact) mass is 404 g/mol. The third-order valence-corrected chi connectivity index (χ3v) is 4.35. The number of amides is 2. The van der Waals surface area contributed by atoms with Crippen molar-refractivity contribution in [2.24, 2.45) is 0 Å². The van der Waals surface area contributed by atoms with Crippen LogP contribution >= 0.6 is 0 Å². The molecule has 2 amide bonds. The first kappa shape index (κ1) is 20.6. The van der Waals surface area contributed by atoms with Crippen LogP contribution in [0.15, 0.2) is 66.7 Å². The highest BCUT2D eigenvalue weighted by molar-refractivity contribution is 6.12. The van der Waals surface area contributed by atoms with E-state index in [1.807, 2.05) is 31.2 Å². The number of aromatic carboxylic acids is 1. The van der Waals surface area contributed by atoms with E-state index in [2.05, 4.69) is 10.6 Å². The van der Waals surface area contributed by atoms with Crippen molar-refractivity contribution in [3.8, 4) is 11.5 Å². The van der Waals surface area contributed by atoms with Gasteiger partial charge in [-0.2, -0.15) is 0 Å². The Hall–Kier alpha value is -4.13. The van der Waals surface area contributed by atoms with E-state index in [0.29, 0.717) is 17.2 Å². The summed E-state index contributed by atoms with van der Waals surface area (Å²) in [4.78, 5) is 36.0. The highest BCUT2D eigenvalue weighted by Crippen LogP contribution is 2.24. The number of benzene rings is 3. The SMILES string of the molecule is CNC(=O)c1ccc(C(=O)O)c(C(=O)Nc2ccc(Oc3ccc(C)cc3)cc2)c1. The first-order valence-corrected chi connectivity index (χ1v) is 9.12. The number of hydrogen-bond donors (Lipinski definition) is 3. The molecule has 0 bridgehead atoms. The largest absolute Gasteiger partial charge is 0.478 e. The molecule has 0 heterocycles. The van der Waals surface area contributed by atoms with Gasteiger partial charge >= 0.3 is 5.97 Å². The molecule has 7 heteroatoms.